The van der Waals surface area contributed by atoms with E-state index in [-0.39, 0.29) is 24.6 Å². The van der Waals surface area contributed by atoms with Crippen molar-refractivity contribution >= 4 is 11.3 Å². The van der Waals surface area contributed by atoms with Crippen LogP contribution in [-0.4, -0.2) is 22.8 Å². The fourth-order valence-corrected chi connectivity index (χ4v) is 5.26. The van der Waals surface area contributed by atoms with E-state index in [2.05, 4.69) is 11.9 Å². The highest BCUT2D eigenvalue weighted by molar-refractivity contribution is 7.09. The second-order valence-corrected chi connectivity index (χ2v) is 8.74. The van der Waals surface area contributed by atoms with E-state index < -0.39 is 0 Å². The predicted molar refractivity (Wildman–Crippen MR) is 107 cm³/mol. The molecule has 28 heavy (non-hydrogen) atoms. The molecule has 6 heteroatoms. The lowest BCUT2D eigenvalue weighted by atomic mass is 10.1. The Morgan fingerprint density at radius 3 is 3.00 bits per heavy atom. The molecule has 1 saturated carbocycles. The van der Waals surface area contributed by atoms with Gasteiger partial charge in [0, 0.05) is 5.38 Å². The van der Waals surface area contributed by atoms with Crippen molar-refractivity contribution in [2.24, 2.45) is 5.92 Å². The summed E-state index contributed by atoms with van der Waals surface area (Å²) in [7, 11) is 0. The highest BCUT2D eigenvalue weighted by Gasteiger charge is 2.29. The van der Waals surface area contributed by atoms with Crippen molar-refractivity contribution in [1.82, 2.24) is 4.98 Å². The van der Waals surface area contributed by atoms with Gasteiger partial charge in [0.1, 0.15) is 11.1 Å². The van der Waals surface area contributed by atoms with Gasteiger partial charge in [-0.3, -0.25) is 0 Å². The number of ether oxygens (including phenoxy) is 2. The maximum atomic E-state index is 14.6. The molecule has 2 aliphatic rings. The summed E-state index contributed by atoms with van der Waals surface area (Å²) in [5.41, 5.74) is 2.69. The lowest BCUT2D eigenvalue weighted by Gasteiger charge is -2.19. The molecular formula is C22H28FNO3S. The van der Waals surface area contributed by atoms with Crippen LogP contribution in [0, 0.1) is 11.7 Å². The Labute approximate surface area is 169 Å². The molecule has 1 unspecified atom stereocenters. The summed E-state index contributed by atoms with van der Waals surface area (Å²) in [6.07, 6.45) is 6.82. The van der Waals surface area contributed by atoms with Gasteiger partial charge in [-0.25, -0.2) is 9.37 Å². The number of benzene rings is 1. The molecule has 2 aromatic rings. The largest absolute Gasteiger partial charge is 0.490 e. The zero-order valence-corrected chi connectivity index (χ0v) is 17.1. The van der Waals surface area contributed by atoms with Gasteiger partial charge in [-0.1, -0.05) is 13.0 Å². The van der Waals surface area contributed by atoms with Crippen molar-refractivity contribution < 1.29 is 19.0 Å². The van der Waals surface area contributed by atoms with Crippen LogP contribution in [0.2, 0.25) is 0 Å². The molecule has 1 heterocycles. The van der Waals surface area contributed by atoms with Crippen LogP contribution in [-0.2, 0) is 24.2 Å². The van der Waals surface area contributed by atoms with E-state index in [1.807, 2.05) is 11.4 Å². The van der Waals surface area contributed by atoms with E-state index in [9.17, 15) is 9.50 Å². The first-order valence-electron chi connectivity index (χ1n) is 10.3. The zero-order valence-electron chi connectivity index (χ0n) is 16.3. The number of hydrogen-bond acceptors (Lipinski definition) is 5. The predicted octanol–water partition coefficient (Wildman–Crippen LogP) is 4.98. The summed E-state index contributed by atoms with van der Waals surface area (Å²) in [5, 5.41) is 12.0. The van der Waals surface area contributed by atoms with Gasteiger partial charge in [-0.15, -0.1) is 11.3 Å². The SMILES string of the molecule is CC[C@@H](O[C@H]1CCC(COc2ccc3c(c2F)CCC3)C1)c1nc(CO)cs1. The minimum absolute atomic E-state index is 0.0240. The quantitative estimate of drug-likeness (QED) is 0.673. The van der Waals surface area contributed by atoms with Crippen molar-refractivity contribution in [3.05, 3.63) is 45.2 Å². The van der Waals surface area contributed by atoms with E-state index in [0.717, 1.165) is 61.1 Å². The summed E-state index contributed by atoms with van der Waals surface area (Å²) < 4.78 is 26.8. The molecule has 0 radical (unpaired) electrons. The van der Waals surface area contributed by atoms with E-state index in [1.54, 1.807) is 17.4 Å². The van der Waals surface area contributed by atoms with Crippen LogP contribution in [0.1, 0.15) is 67.0 Å². The highest BCUT2D eigenvalue weighted by atomic mass is 32.1. The molecule has 2 aliphatic carbocycles. The Bertz CT molecular complexity index is 809. The molecule has 3 atom stereocenters. The van der Waals surface area contributed by atoms with Crippen LogP contribution in [0.5, 0.6) is 5.75 Å². The van der Waals surface area contributed by atoms with Crippen molar-refractivity contribution in [2.75, 3.05) is 6.61 Å². The zero-order chi connectivity index (χ0) is 19.5. The Balaban J connectivity index is 1.29. The second-order valence-electron chi connectivity index (χ2n) is 7.85. The minimum Gasteiger partial charge on any atom is -0.490 e. The maximum absolute atomic E-state index is 14.6. The smallest absolute Gasteiger partial charge is 0.168 e. The van der Waals surface area contributed by atoms with Crippen LogP contribution in [0.4, 0.5) is 4.39 Å². The Morgan fingerprint density at radius 1 is 1.32 bits per heavy atom. The first kappa shape index (κ1) is 19.8. The van der Waals surface area contributed by atoms with Crippen LogP contribution in [0.25, 0.3) is 0 Å². The normalized spacial score (nSPS) is 22.4. The number of aliphatic hydroxyl groups excluding tert-OH is 1. The average molecular weight is 406 g/mol. The molecule has 1 fully saturated rings. The van der Waals surface area contributed by atoms with Crippen molar-refractivity contribution in [1.29, 1.82) is 0 Å². The van der Waals surface area contributed by atoms with Crippen molar-refractivity contribution in [3.8, 4) is 5.75 Å². The molecule has 152 valence electrons. The summed E-state index contributed by atoms with van der Waals surface area (Å²) in [5.74, 6) is 0.630. The fourth-order valence-electron chi connectivity index (χ4n) is 4.33. The number of aromatic nitrogens is 1. The van der Waals surface area contributed by atoms with Crippen LogP contribution >= 0.6 is 11.3 Å². The Kier molecular flexibility index (Phi) is 6.28. The summed E-state index contributed by atoms with van der Waals surface area (Å²) >= 11 is 1.55. The molecule has 0 aliphatic heterocycles. The Morgan fingerprint density at radius 2 is 2.21 bits per heavy atom. The highest BCUT2D eigenvalue weighted by Crippen LogP contribution is 2.35. The number of halogens is 1. The fraction of sp³-hybridized carbons (Fsp3) is 0.591. The summed E-state index contributed by atoms with van der Waals surface area (Å²) in [4.78, 5) is 4.45. The third-order valence-electron chi connectivity index (χ3n) is 5.88. The van der Waals surface area contributed by atoms with Gasteiger partial charge < -0.3 is 14.6 Å². The van der Waals surface area contributed by atoms with E-state index in [4.69, 9.17) is 9.47 Å². The molecule has 1 aromatic carbocycles. The van der Waals surface area contributed by atoms with Gasteiger partial charge in [0.15, 0.2) is 11.6 Å². The van der Waals surface area contributed by atoms with Crippen LogP contribution in [0.15, 0.2) is 17.5 Å². The van der Waals surface area contributed by atoms with Gasteiger partial charge in [0.2, 0.25) is 0 Å². The number of nitrogens with zero attached hydrogens (tertiary/aromatic N) is 1. The molecular weight excluding hydrogens is 377 g/mol. The number of aryl methyl sites for hydroxylation is 1. The molecule has 1 N–H and O–H groups in total. The molecule has 0 amide bonds. The molecule has 0 saturated heterocycles. The summed E-state index contributed by atoms with van der Waals surface area (Å²) in [6, 6.07) is 3.80. The van der Waals surface area contributed by atoms with Gasteiger partial charge in [-0.2, -0.15) is 0 Å². The lowest BCUT2D eigenvalue weighted by molar-refractivity contribution is -0.0145. The molecule has 4 nitrogen and oxygen atoms in total. The number of aliphatic hydroxyl groups is 1. The Hall–Kier alpha value is -1.50. The number of fused-ring (bicyclic) bond motifs is 1. The first-order chi connectivity index (χ1) is 13.7. The van der Waals surface area contributed by atoms with E-state index in [1.165, 1.54) is 0 Å². The molecule has 0 spiro atoms. The number of thiazole rings is 1. The van der Waals surface area contributed by atoms with Gasteiger partial charge in [0.05, 0.1) is 25.0 Å². The summed E-state index contributed by atoms with van der Waals surface area (Å²) in [6.45, 7) is 2.60. The standard InChI is InChI=1S/C22H28FNO3S/c1-2-19(22-24-16(11-25)13-28-22)27-17-8-6-14(10-17)12-26-20-9-7-15-4-3-5-18(15)21(20)23/h7,9,13-14,17,19,25H,2-6,8,10-12H2,1H3/t14?,17-,19+/m0/s1. The molecule has 4 rings (SSSR count). The van der Waals surface area contributed by atoms with Crippen LogP contribution < -0.4 is 4.74 Å². The topological polar surface area (TPSA) is 51.6 Å². The lowest BCUT2D eigenvalue weighted by Crippen LogP contribution is -2.16. The van der Waals surface area contributed by atoms with Gasteiger partial charge in [0.25, 0.3) is 0 Å². The van der Waals surface area contributed by atoms with E-state index in [0.29, 0.717) is 24.0 Å². The van der Waals surface area contributed by atoms with Crippen molar-refractivity contribution in [3.63, 3.8) is 0 Å². The first-order valence-corrected chi connectivity index (χ1v) is 11.2. The maximum Gasteiger partial charge on any atom is 0.168 e. The molecule has 1 aromatic heterocycles. The van der Waals surface area contributed by atoms with Crippen molar-refractivity contribution in [2.45, 2.75) is 70.7 Å². The average Bonchev–Trinajstić information content (AvgIpc) is 3.45. The third kappa shape index (κ3) is 4.24. The second kappa shape index (κ2) is 8.89. The third-order valence-corrected chi connectivity index (χ3v) is 6.87. The minimum atomic E-state index is -0.157. The van der Waals surface area contributed by atoms with Gasteiger partial charge >= 0.3 is 0 Å². The number of hydrogen-bond donors (Lipinski definition) is 1. The van der Waals surface area contributed by atoms with Gasteiger partial charge in [-0.05, 0) is 68.1 Å². The molecule has 0 bridgehead atoms. The number of rotatable bonds is 8. The van der Waals surface area contributed by atoms with E-state index >= 15 is 0 Å². The monoisotopic (exact) mass is 405 g/mol. The van der Waals surface area contributed by atoms with Crippen LogP contribution in [0.3, 0.4) is 0 Å².